The number of amides is 2. The van der Waals surface area contributed by atoms with Gasteiger partial charge in [-0.05, 0) is 36.8 Å². The Morgan fingerprint density at radius 3 is 2.43 bits per heavy atom. The average Bonchev–Trinajstić information content (AvgIpc) is 2.48. The summed E-state index contributed by atoms with van der Waals surface area (Å²) in [6, 6.07) is 7.39. The summed E-state index contributed by atoms with van der Waals surface area (Å²) in [5.74, 6) is -1.35. The summed E-state index contributed by atoms with van der Waals surface area (Å²) in [7, 11) is 1.55. The monoisotopic (exact) mass is 287 g/mol. The van der Waals surface area contributed by atoms with Gasteiger partial charge in [0.1, 0.15) is 0 Å². The van der Waals surface area contributed by atoms with E-state index in [2.05, 4.69) is 15.6 Å². The summed E-state index contributed by atoms with van der Waals surface area (Å²) in [5.41, 5.74) is 1.98. The van der Waals surface area contributed by atoms with Gasteiger partial charge in [0.05, 0.1) is 0 Å². The minimum Gasteiger partial charge on any atom is -0.355 e. The fraction of sp³-hybridized carbons (Fsp3) is 0.133. The highest BCUT2D eigenvalue weighted by molar-refractivity contribution is 6.05. The van der Waals surface area contributed by atoms with Crippen LogP contribution >= 0.6 is 0 Å². The van der Waals surface area contributed by atoms with Gasteiger partial charge in [0.15, 0.2) is 0 Å². The molecule has 21 heavy (non-hydrogen) atoms. The molecule has 0 unspecified atom stereocenters. The highest BCUT2D eigenvalue weighted by Gasteiger charge is 2.10. The third-order valence-electron chi connectivity index (χ3n) is 2.95. The van der Waals surface area contributed by atoms with Crippen LogP contribution in [0.15, 0.2) is 36.5 Å². The molecule has 2 rings (SSSR count). The fourth-order valence-corrected chi connectivity index (χ4v) is 1.83. The normalized spacial score (nSPS) is 10.0. The minimum absolute atomic E-state index is 0.178. The first-order valence-corrected chi connectivity index (χ1v) is 6.27. The highest BCUT2D eigenvalue weighted by atomic mass is 19.1. The molecule has 0 bridgehead atoms. The van der Waals surface area contributed by atoms with Crippen LogP contribution in [0.3, 0.4) is 0 Å². The number of halogens is 1. The van der Waals surface area contributed by atoms with Gasteiger partial charge >= 0.3 is 0 Å². The van der Waals surface area contributed by atoms with Crippen LogP contribution in [0.5, 0.6) is 0 Å². The molecule has 0 aliphatic heterocycles. The molecule has 1 aromatic carbocycles. The third-order valence-corrected chi connectivity index (χ3v) is 2.95. The lowest BCUT2D eigenvalue weighted by Gasteiger charge is -2.10. The number of aromatic nitrogens is 1. The topological polar surface area (TPSA) is 71.1 Å². The quantitative estimate of drug-likeness (QED) is 0.850. The van der Waals surface area contributed by atoms with E-state index in [1.54, 1.807) is 32.2 Å². The Hall–Kier alpha value is -2.76. The van der Waals surface area contributed by atoms with Crippen molar-refractivity contribution in [3.8, 4) is 0 Å². The van der Waals surface area contributed by atoms with Gasteiger partial charge < -0.3 is 10.6 Å². The van der Waals surface area contributed by atoms with Crippen LogP contribution in [-0.2, 0) is 0 Å². The van der Waals surface area contributed by atoms with E-state index in [1.807, 2.05) is 0 Å². The Morgan fingerprint density at radius 1 is 1.10 bits per heavy atom. The van der Waals surface area contributed by atoms with Crippen molar-refractivity contribution in [1.29, 1.82) is 0 Å². The lowest BCUT2D eigenvalue weighted by atomic mass is 10.1. The predicted molar refractivity (Wildman–Crippen MR) is 76.7 cm³/mol. The molecular weight excluding hydrogens is 273 g/mol. The average molecular weight is 287 g/mol. The van der Waals surface area contributed by atoms with Crippen LogP contribution in [0, 0.1) is 12.9 Å². The second-order valence-corrected chi connectivity index (χ2v) is 4.43. The van der Waals surface area contributed by atoms with E-state index >= 15 is 0 Å². The second kappa shape index (κ2) is 6.13. The van der Waals surface area contributed by atoms with Crippen LogP contribution < -0.4 is 10.6 Å². The van der Waals surface area contributed by atoms with E-state index in [4.69, 9.17) is 0 Å². The zero-order valence-electron chi connectivity index (χ0n) is 11.6. The van der Waals surface area contributed by atoms with Crippen LogP contribution in [0.2, 0.25) is 0 Å². The smallest absolute Gasteiger partial charge is 0.255 e. The number of benzene rings is 1. The van der Waals surface area contributed by atoms with Gasteiger partial charge in [0.25, 0.3) is 11.8 Å². The van der Waals surface area contributed by atoms with Gasteiger partial charge in [-0.1, -0.05) is 0 Å². The number of nitrogens with one attached hydrogen (secondary N) is 2. The summed E-state index contributed by atoms with van der Waals surface area (Å²) in [6.07, 6.45) is 1.23. The molecule has 0 spiro atoms. The van der Waals surface area contributed by atoms with Crippen LogP contribution in [0.1, 0.15) is 26.3 Å². The first-order chi connectivity index (χ1) is 10.0. The molecule has 108 valence electrons. The van der Waals surface area contributed by atoms with Crippen molar-refractivity contribution in [2.75, 3.05) is 12.4 Å². The van der Waals surface area contributed by atoms with Gasteiger partial charge in [0, 0.05) is 36.1 Å². The van der Waals surface area contributed by atoms with Gasteiger partial charge in [-0.15, -0.1) is 0 Å². The number of nitrogens with zero attached hydrogens (tertiary/aromatic N) is 1. The van der Waals surface area contributed by atoms with E-state index in [0.717, 1.165) is 11.6 Å². The Labute approximate surface area is 121 Å². The maximum absolute atomic E-state index is 13.0. The van der Waals surface area contributed by atoms with Gasteiger partial charge in [0.2, 0.25) is 5.95 Å². The second-order valence-electron chi connectivity index (χ2n) is 4.43. The van der Waals surface area contributed by atoms with E-state index in [-0.39, 0.29) is 11.5 Å². The maximum Gasteiger partial charge on any atom is 0.255 e. The van der Waals surface area contributed by atoms with Crippen molar-refractivity contribution in [3.05, 3.63) is 59.2 Å². The molecule has 0 saturated carbocycles. The molecule has 2 aromatic rings. The molecule has 0 fully saturated rings. The maximum atomic E-state index is 13.0. The Bertz CT molecular complexity index is 701. The van der Waals surface area contributed by atoms with Crippen molar-refractivity contribution < 1.29 is 14.0 Å². The molecular formula is C15H14FN3O2. The minimum atomic E-state index is -0.714. The van der Waals surface area contributed by atoms with Crippen molar-refractivity contribution in [2.45, 2.75) is 6.92 Å². The number of carbonyl (C=O) groups is 2. The Morgan fingerprint density at radius 2 is 1.81 bits per heavy atom. The first kappa shape index (κ1) is 14.6. The third kappa shape index (κ3) is 3.42. The molecule has 0 radical (unpaired) electrons. The van der Waals surface area contributed by atoms with E-state index < -0.39 is 11.9 Å². The number of carbonyl (C=O) groups excluding carboxylic acids is 2. The molecule has 2 amide bonds. The number of rotatable bonds is 3. The van der Waals surface area contributed by atoms with Crippen molar-refractivity contribution >= 4 is 17.5 Å². The zero-order valence-corrected chi connectivity index (χ0v) is 11.6. The molecule has 6 heteroatoms. The Balaban J connectivity index is 2.20. The summed E-state index contributed by atoms with van der Waals surface area (Å²) in [6.45, 7) is 1.77. The molecule has 1 aromatic heterocycles. The lowest BCUT2D eigenvalue weighted by molar-refractivity contribution is 0.0962. The molecule has 2 N–H and O–H groups in total. The molecule has 0 aliphatic carbocycles. The van der Waals surface area contributed by atoms with Gasteiger partial charge in [-0.25, -0.2) is 4.98 Å². The number of anilines is 1. The van der Waals surface area contributed by atoms with Crippen molar-refractivity contribution in [2.24, 2.45) is 0 Å². The van der Waals surface area contributed by atoms with E-state index in [9.17, 15) is 14.0 Å². The molecule has 0 aliphatic rings. The van der Waals surface area contributed by atoms with E-state index in [1.165, 1.54) is 12.3 Å². The van der Waals surface area contributed by atoms with Gasteiger partial charge in [-0.2, -0.15) is 4.39 Å². The summed E-state index contributed by atoms with van der Waals surface area (Å²) in [4.78, 5) is 26.9. The van der Waals surface area contributed by atoms with Crippen molar-refractivity contribution in [3.63, 3.8) is 0 Å². The Kier molecular flexibility index (Phi) is 4.27. The highest BCUT2D eigenvalue weighted by Crippen LogP contribution is 2.17. The SMILES string of the molecule is CNC(=O)c1ccc(NC(=O)c2ccnc(F)c2)c(C)c1. The molecule has 0 saturated heterocycles. The largest absolute Gasteiger partial charge is 0.355 e. The van der Waals surface area contributed by atoms with E-state index in [0.29, 0.717) is 11.3 Å². The number of aryl methyl sites for hydroxylation is 1. The van der Waals surface area contributed by atoms with Crippen molar-refractivity contribution in [1.82, 2.24) is 10.3 Å². The van der Waals surface area contributed by atoms with Crippen LogP contribution in [0.25, 0.3) is 0 Å². The standard InChI is InChI=1S/C15H14FN3O2/c1-9-7-10(14(20)17-2)3-4-12(9)19-15(21)11-5-6-18-13(16)8-11/h3-8H,1-2H3,(H,17,20)(H,19,21). The summed E-state index contributed by atoms with van der Waals surface area (Å²) >= 11 is 0. The number of hydrogen-bond acceptors (Lipinski definition) is 3. The number of hydrogen-bond donors (Lipinski definition) is 2. The zero-order chi connectivity index (χ0) is 15.4. The van der Waals surface area contributed by atoms with Crippen LogP contribution in [-0.4, -0.2) is 23.8 Å². The number of pyridine rings is 1. The lowest BCUT2D eigenvalue weighted by Crippen LogP contribution is -2.18. The summed E-state index contributed by atoms with van der Waals surface area (Å²) in [5, 5.41) is 5.20. The molecule has 1 heterocycles. The first-order valence-electron chi connectivity index (χ1n) is 6.27. The molecule has 0 atom stereocenters. The predicted octanol–water partition coefficient (Wildman–Crippen LogP) is 2.14. The fourth-order valence-electron chi connectivity index (χ4n) is 1.83. The van der Waals surface area contributed by atoms with Crippen LogP contribution in [0.4, 0.5) is 10.1 Å². The molecule has 5 nitrogen and oxygen atoms in total. The van der Waals surface area contributed by atoms with Gasteiger partial charge in [-0.3, -0.25) is 9.59 Å². The summed E-state index contributed by atoms with van der Waals surface area (Å²) < 4.78 is 13.0.